The lowest BCUT2D eigenvalue weighted by atomic mass is 10.3. The summed E-state index contributed by atoms with van der Waals surface area (Å²) in [5.74, 6) is -2.17. The van der Waals surface area contributed by atoms with Crippen LogP contribution < -0.4 is 4.74 Å². The minimum atomic E-state index is -3.83. The van der Waals surface area contributed by atoms with Crippen LogP contribution in [0.4, 0.5) is 0 Å². The highest BCUT2D eigenvalue weighted by Gasteiger charge is 2.22. The summed E-state index contributed by atoms with van der Waals surface area (Å²) >= 11 is 0. The number of ether oxygens (including phenoxy) is 1. The molecule has 0 spiro atoms. The lowest BCUT2D eigenvalue weighted by molar-refractivity contribution is -0.134. The molecule has 0 saturated carbocycles. The summed E-state index contributed by atoms with van der Waals surface area (Å²) < 4.78 is 28.0. The number of carbonyl (C=O) groups is 1. The van der Waals surface area contributed by atoms with Crippen molar-refractivity contribution >= 4 is 15.8 Å². The van der Waals surface area contributed by atoms with Crippen molar-refractivity contribution in [3.63, 3.8) is 0 Å². The summed E-state index contributed by atoms with van der Waals surface area (Å²) in [6.07, 6.45) is 0. The van der Waals surface area contributed by atoms with Crippen LogP contribution in [0.15, 0.2) is 29.2 Å². The first kappa shape index (κ1) is 11.5. The molecule has 0 bridgehead atoms. The summed E-state index contributed by atoms with van der Waals surface area (Å²) in [6.45, 7) is 0. The second-order valence-electron chi connectivity index (χ2n) is 2.80. The number of aliphatic carboxylic acids is 1. The maximum atomic E-state index is 11.6. The average Bonchev–Trinajstić information content (AvgIpc) is 2.16. The molecule has 0 aliphatic carbocycles. The fourth-order valence-corrected chi connectivity index (χ4v) is 2.34. The van der Waals surface area contributed by atoms with Crippen molar-refractivity contribution in [2.45, 2.75) is 4.90 Å². The van der Waals surface area contributed by atoms with E-state index in [0.717, 1.165) is 0 Å². The molecule has 0 radical (unpaired) electrons. The maximum Gasteiger partial charge on any atom is 0.319 e. The quantitative estimate of drug-likeness (QED) is 0.817. The lowest BCUT2D eigenvalue weighted by Gasteiger charge is -2.06. The molecule has 1 rings (SSSR count). The monoisotopic (exact) mass is 230 g/mol. The maximum absolute atomic E-state index is 11.6. The fourth-order valence-electron chi connectivity index (χ4n) is 1.12. The molecule has 0 atom stereocenters. The van der Waals surface area contributed by atoms with Crippen LogP contribution in [-0.2, 0) is 14.6 Å². The van der Waals surface area contributed by atoms with Crippen molar-refractivity contribution in [2.24, 2.45) is 0 Å². The lowest BCUT2D eigenvalue weighted by Crippen LogP contribution is -2.16. The van der Waals surface area contributed by atoms with Crippen LogP contribution in [0.1, 0.15) is 0 Å². The molecule has 0 unspecified atom stereocenters. The van der Waals surface area contributed by atoms with Crippen LogP contribution in [0.5, 0.6) is 5.75 Å². The van der Waals surface area contributed by atoms with Crippen molar-refractivity contribution in [3.8, 4) is 5.75 Å². The van der Waals surface area contributed by atoms with Crippen molar-refractivity contribution < 1.29 is 23.1 Å². The van der Waals surface area contributed by atoms with E-state index in [0.29, 0.717) is 0 Å². The molecule has 15 heavy (non-hydrogen) atoms. The Morgan fingerprint density at radius 2 is 2.00 bits per heavy atom. The largest absolute Gasteiger partial charge is 0.495 e. The summed E-state index contributed by atoms with van der Waals surface area (Å²) in [4.78, 5) is 10.3. The van der Waals surface area contributed by atoms with Gasteiger partial charge in [-0.15, -0.1) is 0 Å². The molecular weight excluding hydrogens is 220 g/mol. The second-order valence-corrected chi connectivity index (χ2v) is 4.76. The average molecular weight is 230 g/mol. The normalized spacial score (nSPS) is 11.0. The molecule has 0 amide bonds. The molecular formula is C9H10O5S. The first-order valence-electron chi connectivity index (χ1n) is 4.05. The van der Waals surface area contributed by atoms with Gasteiger partial charge in [0.1, 0.15) is 10.6 Å². The Labute approximate surface area is 87.2 Å². The number of hydrogen-bond donors (Lipinski definition) is 1. The van der Waals surface area contributed by atoms with E-state index in [1.165, 1.54) is 25.3 Å². The van der Waals surface area contributed by atoms with Gasteiger partial charge < -0.3 is 9.84 Å². The smallest absolute Gasteiger partial charge is 0.319 e. The molecule has 1 aromatic rings. The third-order valence-corrected chi connectivity index (χ3v) is 3.35. The number of sulfone groups is 1. The molecule has 0 heterocycles. The molecule has 0 aromatic heterocycles. The highest BCUT2D eigenvalue weighted by atomic mass is 32.2. The second kappa shape index (κ2) is 4.31. The molecule has 1 aromatic carbocycles. The molecule has 0 fully saturated rings. The minimum absolute atomic E-state index is 0.102. The van der Waals surface area contributed by atoms with Crippen LogP contribution in [0.3, 0.4) is 0 Å². The zero-order chi connectivity index (χ0) is 11.5. The van der Waals surface area contributed by atoms with Gasteiger partial charge in [0.05, 0.1) is 7.11 Å². The van der Waals surface area contributed by atoms with Crippen LogP contribution in [0.2, 0.25) is 0 Å². The van der Waals surface area contributed by atoms with Crippen LogP contribution in [0.25, 0.3) is 0 Å². The van der Waals surface area contributed by atoms with E-state index in [9.17, 15) is 13.2 Å². The van der Waals surface area contributed by atoms with E-state index in [1.807, 2.05) is 0 Å². The summed E-state index contributed by atoms with van der Waals surface area (Å²) in [7, 11) is -2.50. The Hall–Kier alpha value is -1.56. The van der Waals surface area contributed by atoms with Crippen molar-refractivity contribution in [1.29, 1.82) is 0 Å². The zero-order valence-corrected chi connectivity index (χ0v) is 8.82. The van der Waals surface area contributed by atoms with E-state index in [-0.39, 0.29) is 10.6 Å². The van der Waals surface area contributed by atoms with Gasteiger partial charge in [-0.05, 0) is 12.1 Å². The summed E-state index contributed by atoms with van der Waals surface area (Å²) in [5.41, 5.74) is 0. The number of para-hydroxylation sites is 1. The van der Waals surface area contributed by atoms with Crippen molar-refractivity contribution in [2.75, 3.05) is 12.9 Å². The summed E-state index contributed by atoms with van der Waals surface area (Å²) in [5, 5.41) is 8.45. The predicted octanol–water partition coefficient (Wildman–Crippen LogP) is 0.553. The van der Waals surface area contributed by atoms with E-state index >= 15 is 0 Å². The van der Waals surface area contributed by atoms with Crippen LogP contribution in [0, 0.1) is 0 Å². The van der Waals surface area contributed by atoms with Gasteiger partial charge in [0.2, 0.25) is 0 Å². The third-order valence-electron chi connectivity index (χ3n) is 1.72. The van der Waals surface area contributed by atoms with Gasteiger partial charge in [0, 0.05) is 0 Å². The minimum Gasteiger partial charge on any atom is -0.495 e. The van der Waals surface area contributed by atoms with Crippen molar-refractivity contribution in [1.82, 2.24) is 0 Å². The molecule has 0 saturated heterocycles. The topological polar surface area (TPSA) is 80.7 Å². The Bertz CT molecular complexity index is 463. The van der Waals surface area contributed by atoms with Crippen molar-refractivity contribution in [3.05, 3.63) is 24.3 Å². The van der Waals surface area contributed by atoms with Gasteiger partial charge in [-0.25, -0.2) is 8.42 Å². The molecule has 5 nitrogen and oxygen atoms in total. The van der Waals surface area contributed by atoms with Gasteiger partial charge in [0.25, 0.3) is 0 Å². The molecule has 1 N–H and O–H groups in total. The van der Waals surface area contributed by atoms with Crippen LogP contribution >= 0.6 is 0 Å². The van der Waals surface area contributed by atoms with Gasteiger partial charge in [-0.3, -0.25) is 4.79 Å². The van der Waals surface area contributed by atoms with E-state index in [4.69, 9.17) is 9.84 Å². The SMILES string of the molecule is COc1ccccc1S(=O)(=O)CC(=O)O. The number of benzene rings is 1. The number of hydrogen-bond acceptors (Lipinski definition) is 4. The first-order chi connectivity index (χ1) is 6.97. The standard InChI is InChI=1S/C9H10O5S/c1-14-7-4-2-3-5-8(7)15(12,13)6-9(10)11/h2-5H,6H2,1H3,(H,10,11). The number of rotatable bonds is 4. The summed E-state index contributed by atoms with van der Waals surface area (Å²) in [6, 6.07) is 5.90. The molecule has 0 aliphatic rings. The van der Waals surface area contributed by atoms with E-state index in [2.05, 4.69) is 0 Å². The van der Waals surface area contributed by atoms with Gasteiger partial charge >= 0.3 is 5.97 Å². The Kier molecular flexibility index (Phi) is 3.31. The number of carboxylic acids is 1. The fraction of sp³-hybridized carbons (Fsp3) is 0.222. The third kappa shape index (κ3) is 2.69. The highest BCUT2D eigenvalue weighted by Crippen LogP contribution is 2.23. The zero-order valence-electron chi connectivity index (χ0n) is 8.00. The van der Waals surface area contributed by atoms with Gasteiger partial charge in [0.15, 0.2) is 15.6 Å². The Morgan fingerprint density at radius 1 is 1.40 bits per heavy atom. The Morgan fingerprint density at radius 3 is 2.53 bits per heavy atom. The molecule has 6 heteroatoms. The Balaban J connectivity index is 3.20. The first-order valence-corrected chi connectivity index (χ1v) is 5.70. The van der Waals surface area contributed by atoms with E-state index < -0.39 is 21.6 Å². The van der Waals surface area contributed by atoms with Crippen LogP contribution in [-0.4, -0.2) is 32.4 Å². The molecule has 82 valence electrons. The van der Waals surface area contributed by atoms with Gasteiger partial charge in [-0.1, -0.05) is 12.1 Å². The number of methoxy groups -OCH3 is 1. The van der Waals surface area contributed by atoms with Gasteiger partial charge in [-0.2, -0.15) is 0 Å². The van der Waals surface area contributed by atoms with E-state index in [1.54, 1.807) is 6.07 Å². The molecule has 0 aliphatic heterocycles. The highest BCUT2D eigenvalue weighted by molar-refractivity contribution is 7.92. The predicted molar refractivity (Wildman–Crippen MR) is 52.7 cm³/mol. The number of carboxylic acid groups (broad SMARTS) is 1.